The maximum absolute atomic E-state index is 7.40. The van der Waals surface area contributed by atoms with Crippen molar-refractivity contribution in [3.8, 4) is 0 Å². The lowest BCUT2D eigenvalue weighted by Crippen LogP contribution is -2.39. The van der Waals surface area contributed by atoms with Crippen LogP contribution in [-0.2, 0) is 4.74 Å². The summed E-state index contributed by atoms with van der Waals surface area (Å²) in [6.45, 7) is 5.60. The third-order valence-electron chi connectivity index (χ3n) is 3.02. The summed E-state index contributed by atoms with van der Waals surface area (Å²) in [4.78, 5) is 2.39. The highest BCUT2D eigenvalue weighted by Gasteiger charge is 2.09. The minimum absolute atomic E-state index is 0.837. The van der Waals surface area contributed by atoms with E-state index in [9.17, 15) is 0 Å². The van der Waals surface area contributed by atoms with Crippen molar-refractivity contribution in [1.82, 2.24) is 4.90 Å². The van der Waals surface area contributed by atoms with Crippen LogP contribution in [0, 0.1) is 5.41 Å². The Bertz CT molecular complexity index is 405. The molecule has 0 bridgehead atoms. The second kappa shape index (κ2) is 6.87. The summed E-state index contributed by atoms with van der Waals surface area (Å²) in [7, 11) is 0. The zero-order chi connectivity index (χ0) is 12.8. The molecule has 98 valence electrons. The smallest absolute Gasteiger partial charge is 0.0594 e. The fourth-order valence-electron chi connectivity index (χ4n) is 1.99. The van der Waals surface area contributed by atoms with E-state index in [1.54, 1.807) is 0 Å². The Morgan fingerprint density at radius 1 is 1.39 bits per heavy atom. The summed E-state index contributed by atoms with van der Waals surface area (Å²) in [6, 6.07) is 5.94. The molecule has 0 saturated carbocycles. The maximum atomic E-state index is 7.40. The first-order valence-corrected chi connectivity index (χ1v) is 6.93. The molecule has 0 atom stereocenters. The van der Waals surface area contributed by atoms with Gasteiger partial charge in [-0.3, -0.25) is 4.90 Å². The molecule has 0 amide bonds. The predicted molar refractivity (Wildman–Crippen MR) is 77.8 cm³/mol. The number of halogens is 1. The molecule has 0 aliphatic carbocycles. The van der Waals surface area contributed by atoms with Gasteiger partial charge in [0, 0.05) is 48.1 Å². The molecule has 0 aromatic heterocycles. The van der Waals surface area contributed by atoms with Crippen LogP contribution >= 0.6 is 15.9 Å². The Kier molecular flexibility index (Phi) is 5.16. The van der Waals surface area contributed by atoms with Crippen molar-refractivity contribution in [2.45, 2.75) is 0 Å². The van der Waals surface area contributed by atoms with Crippen molar-refractivity contribution >= 4 is 27.8 Å². The Morgan fingerprint density at radius 3 is 2.89 bits per heavy atom. The van der Waals surface area contributed by atoms with Crippen LogP contribution in [-0.4, -0.2) is 50.5 Å². The van der Waals surface area contributed by atoms with Crippen molar-refractivity contribution < 1.29 is 4.74 Å². The number of benzene rings is 1. The third kappa shape index (κ3) is 3.80. The minimum Gasteiger partial charge on any atom is -0.383 e. The molecule has 2 rings (SSSR count). The van der Waals surface area contributed by atoms with Crippen LogP contribution in [0.2, 0.25) is 0 Å². The van der Waals surface area contributed by atoms with Crippen molar-refractivity contribution in [2.75, 3.05) is 44.7 Å². The Balaban J connectivity index is 1.84. The van der Waals surface area contributed by atoms with E-state index in [0.29, 0.717) is 0 Å². The van der Waals surface area contributed by atoms with Gasteiger partial charge in [-0.15, -0.1) is 0 Å². The average Bonchev–Trinajstić information content (AvgIpc) is 2.41. The highest BCUT2D eigenvalue weighted by molar-refractivity contribution is 9.10. The lowest BCUT2D eigenvalue weighted by Gasteiger charge is -2.26. The molecule has 0 spiro atoms. The van der Waals surface area contributed by atoms with Crippen LogP contribution in [0.25, 0.3) is 0 Å². The second-order valence-corrected chi connectivity index (χ2v) is 5.17. The fraction of sp³-hybridized carbons (Fsp3) is 0.462. The number of anilines is 1. The van der Waals surface area contributed by atoms with Crippen LogP contribution in [0.15, 0.2) is 22.7 Å². The quantitative estimate of drug-likeness (QED) is 0.820. The Hall–Kier alpha value is -0.910. The molecule has 1 aromatic rings. The molecule has 0 unspecified atom stereocenters. The normalized spacial score (nSPS) is 16.5. The minimum atomic E-state index is 0.837. The summed E-state index contributed by atoms with van der Waals surface area (Å²) in [5, 5.41) is 10.8. The van der Waals surface area contributed by atoms with E-state index in [4.69, 9.17) is 10.1 Å². The van der Waals surface area contributed by atoms with E-state index in [1.807, 2.05) is 18.2 Å². The molecule has 0 radical (unpaired) electrons. The fourth-order valence-corrected chi connectivity index (χ4v) is 2.37. The standard InChI is InChI=1S/C13H18BrN3O/c14-12-1-2-13(11(9-12)10-15)16-3-4-17-5-7-18-8-6-17/h1-2,9-10,15-16H,3-8H2. The van der Waals surface area contributed by atoms with Gasteiger partial charge in [-0.25, -0.2) is 0 Å². The summed E-state index contributed by atoms with van der Waals surface area (Å²) in [5.41, 5.74) is 1.92. The van der Waals surface area contributed by atoms with Gasteiger partial charge in [-0.1, -0.05) is 15.9 Å². The highest BCUT2D eigenvalue weighted by atomic mass is 79.9. The molecule has 18 heavy (non-hydrogen) atoms. The number of morpholine rings is 1. The first kappa shape index (κ1) is 13.5. The van der Waals surface area contributed by atoms with Crippen LogP contribution in [0.5, 0.6) is 0 Å². The summed E-state index contributed by atoms with van der Waals surface area (Å²) < 4.78 is 6.32. The summed E-state index contributed by atoms with van der Waals surface area (Å²) >= 11 is 3.41. The van der Waals surface area contributed by atoms with E-state index < -0.39 is 0 Å². The third-order valence-corrected chi connectivity index (χ3v) is 3.51. The van der Waals surface area contributed by atoms with Crippen molar-refractivity contribution in [3.63, 3.8) is 0 Å². The highest BCUT2D eigenvalue weighted by Crippen LogP contribution is 2.19. The molecule has 1 aliphatic heterocycles. The van der Waals surface area contributed by atoms with Gasteiger partial charge in [0.15, 0.2) is 0 Å². The first-order valence-electron chi connectivity index (χ1n) is 6.13. The maximum Gasteiger partial charge on any atom is 0.0594 e. The molecule has 1 saturated heterocycles. The first-order chi connectivity index (χ1) is 8.79. The number of nitrogens with one attached hydrogen (secondary N) is 2. The van der Waals surface area contributed by atoms with E-state index in [-0.39, 0.29) is 0 Å². The monoisotopic (exact) mass is 311 g/mol. The van der Waals surface area contributed by atoms with Gasteiger partial charge in [-0.05, 0) is 18.2 Å². The lowest BCUT2D eigenvalue weighted by molar-refractivity contribution is 0.0398. The van der Waals surface area contributed by atoms with Crippen molar-refractivity contribution in [1.29, 1.82) is 5.41 Å². The van der Waals surface area contributed by atoms with Crippen LogP contribution < -0.4 is 5.32 Å². The van der Waals surface area contributed by atoms with Gasteiger partial charge in [0.2, 0.25) is 0 Å². The zero-order valence-corrected chi connectivity index (χ0v) is 11.9. The number of hydrogen-bond acceptors (Lipinski definition) is 4. The molecular formula is C13H18BrN3O. The van der Waals surface area contributed by atoms with Gasteiger partial charge < -0.3 is 15.5 Å². The molecule has 1 aromatic carbocycles. The van der Waals surface area contributed by atoms with Crippen LogP contribution in [0.4, 0.5) is 5.69 Å². The number of ether oxygens (including phenoxy) is 1. The Morgan fingerprint density at radius 2 is 2.17 bits per heavy atom. The summed E-state index contributed by atoms with van der Waals surface area (Å²) in [6.07, 6.45) is 1.38. The SMILES string of the molecule is N=Cc1cc(Br)ccc1NCCN1CCOCC1. The predicted octanol–water partition coefficient (Wildman–Crippen LogP) is 2.19. The Labute approximate surface area is 116 Å². The van der Waals surface area contributed by atoms with Gasteiger partial charge in [0.05, 0.1) is 13.2 Å². The van der Waals surface area contributed by atoms with Crippen LogP contribution in [0.1, 0.15) is 5.56 Å². The number of hydrogen-bond donors (Lipinski definition) is 2. The van der Waals surface area contributed by atoms with Gasteiger partial charge >= 0.3 is 0 Å². The molecular weight excluding hydrogens is 294 g/mol. The van der Waals surface area contributed by atoms with E-state index in [2.05, 4.69) is 26.1 Å². The molecule has 1 aliphatic rings. The van der Waals surface area contributed by atoms with Crippen LogP contribution in [0.3, 0.4) is 0 Å². The average molecular weight is 312 g/mol. The van der Waals surface area contributed by atoms with Crippen molar-refractivity contribution in [2.24, 2.45) is 0 Å². The van der Waals surface area contributed by atoms with Gasteiger partial charge in [0.1, 0.15) is 0 Å². The topological polar surface area (TPSA) is 48.4 Å². The van der Waals surface area contributed by atoms with E-state index in [0.717, 1.165) is 55.1 Å². The lowest BCUT2D eigenvalue weighted by atomic mass is 10.2. The number of nitrogens with zero attached hydrogens (tertiary/aromatic N) is 1. The van der Waals surface area contributed by atoms with Gasteiger partial charge in [-0.2, -0.15) is 0 Å². The number of rotatable bonds is 5. The second-order valence-electron chi connectivity index (χ2n) is 4.26. The molecule has 5 heteroatoms. The largest absolute Gasteiger partial charge is 0.383 e. The molecule has 1 heterocycles. The molecule has 2 N–H and O–H groups in total. The van der Waals surface area contributed by atoms with Gasteiger partial charge in [0.25, 0.3) is 0 Å². The van der Waals surface area contributed by atoms with E-state index in [1.165, 1.54) is 6.21 Å². The van der Waals surface area contributed by atoms with E-state index >= 15 is 0 Å². The summed E-state index contributed by atoms with van der Waals surface area (Å²) in [5.74, 6) is 0. The molecule has 1 fully saturated rings. The zero-order valence-electron chi connectivity index (χ0n) is 10.3. The van der Waals surface area contributed by atoms with Crippen molar-refractivity contribution in [3.05, 3.63) is 28.2 Å². The molecule has 4 nitrogen and oxygen atoms in total.